The number of likely N-dealkylation sites (tertiary alicyclic amines) is 1. The van der Waals surface area contributed by atoms with Crippen LogP contribution in [0.1, 0.15) is 38.3 Å². The summed E-state index contributed by atoms with van der Waals surface area (Å²) >= 11 is 0. The van der Waals surface area contributed by atoms with E-state index >= 15 is 0 Å². The van der Waals surface area contributed by atoms with Crippen LogP contribution in [-0.2, 0) is 9.59 Å². The number of nitrogens with two attached hydrogens (primary N) is 1. The molecule has 133 valence electrons. The van der Waals surface area contributed by atoms with Gasteiger partial charge in [-0.3, -0.25) is 14.7 Å². The number of aromatic amines is 1. The average Bonchev–Trinajstić information content (AvgIpc) is 3.25. The summed E-state index contributed by atoms with van der Waals surface area (Å²) in [6.07, 6.45) is 4.73. The van der Waals surface area contributed by atoms with Crippen LogP contribution in [0.15, 0.2) is 28.9 Å². The molecule has 0 atom stereocenters. The number of furan rings is 1. The number of amides is 2. The van der Waals surface area contributed by atoms with Gasteiger partial charge in [0.25, 0.3) is 0 Å². The molecule has 7 heteroatoms. The maximum Gasteiger partial charge on any atom is 0.227 e. The lowest BCUT2D eigenvalue weighted by atomic mass is 9.87. The van der Waals surface area contributed by atoms with E-state index in [0.717, 1.165) is 30.0 Å². The number of hydrogen-bond donors (Lipinski definition) is 2. The maximum atomic E-state index is 12.4. The van der Waals surface area contributed by atoms with E-state index in [-0.39, 0.29) is 5.91 Å². The molecule has 0 aromatic carbocycles. The van der Waals surface area contributed by atoms with Crippen LogP contribution in [-0.4, -0.2) is 40.0 Å². The molecule has 3 rings (SSSR count). The third-order valence-corrected chi connectivity index (χ3v) is 4.74. The van der Waals surface area contributed by atoms with Crippen molar-refractivity contribution >= 4 is 11.8 Å². The first-order valence-corrected chi connectivity index (χ1v) is 8.41. The highest BCUT2D eigenvalue weighted by molar-refractivity contribution is 5.94. The summed E-state index contributed by atoms with van der Waals surface area (Å²) in [7, 11) is 0. The molecule has 7 nitrogen and oxygen atoms in total. The molecule has 3 N–H and O–H groups in total. The first kappa shape index (κ1) is 17.3. The van der Waals surface area contributed by atoms with Gasteiger partial charge in [-0.05, 0) is 31.0 Å². The van der Waals surface area contributed by atoms with Gasteiger partial charge in [-0.25, -0.2) is 0 Å². The maximum absolute atomic E-state index is 12.4. The summed E-state index contributed by atoms with van der Waals surface area (Å²) < 4.78 is 5.36. The molecule has 0 aliphatic carbocycles. The van der Waals surface area contributed by atoms with Gasteiger partial charge < -0.3 is 15.1 Å². The lowest BCUT2D eigenvalue weighted by Crippen LogP contribution is -2.43. The van der Waals surface area contributed by atoms with E-state index in [9.17, 15) is 9.59 Å². The Bertz CT molecular complexity index is 740. The van der Waals surface area contributed by atoms with Gasteiger partial charge in [-0.2, -0.15) is 5.10 Å². The van der Waals surface area contributed by atoms with E-state index in [4.69, 9.17) is 10.2 Å². The lowest BCUT2D eigenvalue weighted by Gasteiger charge is -2.33. The molecule has 0 saturated carbocycles. The van der Waals surface area contributed by atoms with Crippen molar-refractivity contribution in [1.29, 1.82) is 0 Å². The van der Waals surface area contributed by atoms with Crippen LogP contribution in [0.5, 0.6) is 0 Å². The number of carbonyl (C=O) groups is 2. The largest absolute Gasteiger partial charge is 0.463 e. The molecule has 1 saturated heterocycles. The highest BCUT2D eigenvalue weighted by Crippen LogP contribution is 2.30. The van der Waals surface area contributed by atoms with Crippen molar-refractivity contribution < 1.29 is 14.0 Å². The van der Waals surface area contributed by atoms with Crippen molar-refractivity contribution in [2.24, 2.45) is 11.1 Å². The van der Waals surface area contributed by atoms with E-state index in [2.05, 4.69) is 10.2 Å². The van der Waals surface area contributed by atoms with E-state index in [1.807, 2.05) is 18.2 Å². The van der Waals surface area contributed by atoms with Crippen molar-refractivity contribution in [3.63, 3.8) is 0 Å². The number of hydrogen-bond acceptors (Lipinski definition) is 4. The Hall–Kier alpha value is -2.57. The van der Waals surface area contributed by atoms with Crippen LogP contribution >= 0.6 is 0 Å². The Morgan fingerprint density at radius 2 is 2.12 bits per heavy atom. The second-order valence-electron chi connectivity index (χ2n) is 7.02. The Kier molecular flexibility index (Phi) is 4.65. The minimum absolute atomic E-state index is 0.136. The molecular weight excluding hydrogens is 320 g/mol. The Balaban J connectivity index is 1.57. The summed E-state index contributed by atoms with van der Waals surface area (Å²) in [6.45, 7) is 4.59. The number of nitrogens with one attached hydrogen (secondary N) is 1. The highest BCUT2D eigenvalue weighted by atomic mass is 16.3. The number of piperidine rings is 1. The lowest BCUT2D eigenvalue weighted by molar-refractivity contribution is -0.133. The summed E-state index contributed by atoms with van der Waals surface area (Å²) in [5, 5.41) is 7.38. The van der Waals surface area contributed by atoms with Crippen molar-refractivity contribution in [2.75, 3.05) is 13.1 Å². The summed E-state index contributed by atoms with van der Waals surface area (Å²) in [4.78, 5) is 25.5. The van der Waals surface area contributed by atoms with E-state index in [1.54, 1.807) is 25.0 Å². The van der Waals surface area contributed by atoms with Gasteiger partial charge in [-0.15, -0.1) is 0 Å². The van der Waals surface area contributed by atoms with Crippen LogP contribution in [0.25, 0.3) is 11.5 Å². The number of carbonyl (C=O) groups excluding carboxylic acids is 2. The van der Waals surface area contributed by atoms with Crippen molar-refractivity contribution in [3.05, 3.63) is 36.6 Å². The molecule has 1 fully saturated rings. The standard InChI is InChI=1S/C18H23N4O3/c1-18(2,17(19)24)11-16(23)22-7-5-12(6-8-22)13-10-14(21-20-13)15-4-3-9-25-15/h3-4,9-12H,5-8H2,1-2H3,(H2,19,24)(H,20,21). The molecule has 1 aliphatic rings. The van der Waals surface area contributed by atoms with Crippen molar-refractivity contribution in [3.8, 4) is 11.5 Å². The zero-order chi connectivity index (χ0) is 18.0. The van der Waals surface area contributed by atoms with Crippen LogP contribution < -0.4 is 5.73 Å². The third-order valence-electron chi connectivity index (χ3n) is 4.74. The molecule has 2 amide bonds. The first-order chi connectivity index (χ1) is 11.9. The van der Waals surface area contributed by atoms with Gasteiger partial charge in [0.15, 0.2) is 5.76 Å². The SMILES string of the molecule is CC(C)([CH]C(=O)N1CCC(c2cc(-c3ccco3)n[nH]2)CC1)C(N)=O. The molecular formula is C18H23N4O3. The monoisotopic (exact) mass is 343 g/mol. The minimum atomic E-state index is -0.935. The molecule has 3 heterocycles. The fraction of sp³-hybridized carbons (Fsp3) is 0.444. The average molecular weight is 343 g/mol. The number of H-pyrrole nitrogens is 1. The highest BCUT2D eigenvalue weighted by Gasteiger charge is 2.32. The Labute approximate surface area is 146 Å². The normalized spacial score (nSPS) is 16.2. The smallest absolute Gasteiger partial charge is 0.227 e. The zero-order valence-corrected chi connectivity index (χ0v) is 14.5. The molecule has 0 unspecified atom stereocenters. The summed E-state index contributed by atoms with van der Waals surface area (Å²) in [5.74, 6) is 0.421. The van der Waals surface area contributed by atoms with Crippen LogP contribution in [0.4, 0.5) is 0 Å². The van der Waals surface area contributed by atoms with Gasteiger partial charge in [0, 0.05) is 24.7 Å². The van der Waals surface area contributed by atoms with Gasteiger partial charge in [0.2, 0.25) is 11.8 Å². The fourth-order valence-corrected chi connectivity index (χ4v) is 2.98. The number of aromatic nitrogens is 2. The molecule has 2 aromatic heterocycles. The topological polar surface area (TPSA) is 105 Å². The van der Waals surface area contributed by atoms with Gasteiger partial charge in [0.05, 0.1) is 18.1 Å². The Morgan fingerprint density at radius 1 is 1.40 bits per heavy atom. The van der Waals surface area contributed by atoms with E-state index < -0.39 is 11.3 Å². The number of nitrogens with zero attached hydrogens (tertiary/aromatic N) is 2. The first-order valence-electron chi connectivity index (χ1n) is 8.41. The van der Waals surface area contributed by atoms with Gasteiger partial charge in [0.1, 0.15) is 5.69 Å². The fourth-order valence-electron chi connectivity index (χ4n) is 2.98. The van der Waals surface area contributed by atoms with Gasteiger partial charge in [-0.1, -0.05) is 13.8 Å². The summed E-state index contributed by atoms with van der Waals surface area (Å²) in [5.41, 5.74) is 6.24. The van der Waals surface area contributed by atoms with E-state index in [0.29, 0.717) is 19.0 Å². The second-order valence-corrected chi connectivity index (χ2v) is 7.02. The second kappa shape index (κ2) is 6.74. The molecule has 25 heavy (non-hydrogen) atoms. The van der Waals surface area contributed by atoms with Crippen LogP contribution in [0.2, 0.25) is 0 Å². The number of rotatable bonds is 5. The zero-order valence-electron chi connectivity index (χ0n) is 14.5. The molecule has 2 aromatic rings. The van der Waals surface area contributed by atoms with Crippen molar-refractivity contribution in [1.82, 2.24) is 15.1 Å². The van der Waals surface area contributed by atoms with Gasteiger partial charge >= 0.3 is 0 Å². The van der Waals surface area contributed by atoms with E-state index in [1.165, 1.54) is 6.42 Å². The molecule has 0 spiro atoms. The van der Waals surface area contributed by atoms with Crippen molar-refractivity contribution in [2.45, 2.75) is 32.6 Å². The predicted molar refractivity (Wildman–Crippen MR) is 92.1 cm³/mol. The number of primary amides is 1. The van der Waals surface area contributed by atoms with Crippen LogP contribution in [0.3, 0.4) is 0 Å². The quantitative estimate of drug-likeness (QED) is 0.867. The molecule has 0 bridgehead atoms. The minimum Gasteiger partial charge on any atom is -0.463 e. The van der Waals surface area contributed by atoms with Crippen LogP contribution in [0, 0.1) is 11.8 Å². The molecule has 1 aliphatic heterocycles. The third kappa shape index (κ3) is 3.75. The Morgan fingerprint density at radius 3 is 2.72 bits per heavy atom. The summed E-state index contributed by atoms with van der Waals surface area (Å²) in [6, 6.07) is 5.71. The molecule has 1 radical (unpaired) electrons. The predicted octanol–water partition coefficient (Wildman–Crippen LogP) is 2.09.